The predicted octanol–water partition coefficient (Wildman–Crippen LogP) is 1.97. The van der Waals surface area contributed by atoms with Crippen molar-refractivity contribution in [2.24, 2.45) is 0 Å². The van der Waals surface area contributed by atoms with Crippen LogP contribution in [0, 0.1) is 0 Å². The largest absolute Gasteiger partial charge is 0.481 e. The van der Waals surface area contributed by atoms with E-state index in [-0.39, 0.29) is 19.3 Å². The number of aliphatic carboxylic acids is 2. The Kier molecular flexibility index (Phi) is 6.45. The third-order valence-electron chi connectivity index (χ3n) is 2.63. The van der Waals surface area contributed by atoms with Gasteiger partial charge in [-0.2, -0.15) is 0 Å². The molecule has 0 radical (unpaired) electrons. The fourth-order valence-corrected chi connectivity index (χ4v) is 1.93. The standard InChI is InChI=1S/C13H13Cl2NO5/c14-8-2-1-7(5-9(8)15)6-11(17)16-10(13(20)21)3-4-12(18)19/h1-2,5,10H,3-4,6H2,(H,16,17)(H,18,19)(H,20,21)/t10-/m0/s1. The van der Waals surface area contributed by atoms with E-state index < -0.39 is 23.9 Å². The highest BCUT2D eigenvalue weighted by Crippen LogP contribution is 2.22. The molecule has 3 N–H and O–H groups in total. The molecule has 114 valence electrons. The Hall–Kier alpha value is -1.79. The van der Waals surface area contributed by atoms with Crippen molar-refractivity contribution < 1.29 is 24.6 Å². The van der Waals surface area contributed by atoms with E-state index in [2.05, 4.69) is 5.32 Å². The molecule has 0 spiro atoms. The predicted molar refractivity (Wildman–Crippen MR) is 76.6 cm³/mol. The van der Waals surface area contributed by atoms with Crippen molar-refractivity contribution in [3.05, 3.63) is 33.8 Å². The first-order valence-corrected chi connectivity index (χ1v) is 6.73. The molecule has 0 heterocycles. The van der Waals surface area contributed by atoms with E-state index in [9.17, 15) is 14.4 Å². The highest BCUT2D eigenvalue weighted by atomic mass is 35.5. The molecule has 8 heteroatoms. The molecule has 0 aliphatic carbocycles. The summed E-state index contributed by atoms with van der Waals surface area (Å²) in [5.74, 6) is -2.94. The Morgan fingerprint density at radius 3 is 2.33 bits per heavy atom. The fourth-order valence-electron chi connectivity index (χ4n) is 1.61. The van der Waals surface area contributed by atoms with Gasteiger partial charge in [-0.05, 0) is 24.1 Å². The van der Waals surface area contributed by atoms with Crippen LogP contribution in [0.3, 0.4) is 0 Å². The first kappa shape index (κ1) is 17.3. The molecule has 1 aromatic rings. The average molecular weight is 334 g/mol. The molecule has 1 amide bonds. The van der Waals surface area contributed by atoms with Gasteiger partial charge in [-0.15, -0.1) is 0 Å². The van der Waals surface area contributed by atoms with Gasteiger partial charge in [0.1, 0.15) is 6.04 Å². The molecule has 1 aromatic carbocycles. The molecule has 1 atom stereocenters. The highest BCUT2D eigenvalue weighted by Gasteiger charge is 2.21. The Labute approximate surface area is 130 Å². The second kappa shape index (κ2) is 7.85. The van der Waals surface area contributed by atoms with Crippen molar-refractivity contribution in [1.82, 2.24) is 5.32 Å². The summed E-state index contributed by atoms with van der Waals surface area (Å²) in [4.78, 5) is 33.2. The van der Waals surface area contributed by atoms with Crippen LogP contribution < -0.4 is 5.32 Å². The Morgan fingerprint density at radius 2 is 1.81 bits per heavy atom. The third-order valence-corrected chi connectivity index (χ3v) is 3.37. The molecule has 21 heavy (non-hydrogen) atoms. The zero-order valence-corrected chi connectivity index (χ0v) is 12.3. The van der Waals surface area contributed by atoms with Crippen LogP contribution in [0.25, 0.3) is 0 Å². The molecule has 0 aliphatic rings. The van der Waals surface area contributed by atoms with Gasteiger partial charge in [0.15, 0.2) is 0 Å². The normalized spacial score (nSPS) is 11.7. The lowest BCUT2D eigenvalue weighted by molar-refractivity contribution is -0.143. The van der Waals surface area contributed by atoms with Crippen molar-refractivity contribution >= 4 is 41.0 Å². The number of amides is 1. The summed E-state index contributed by atoms with van der Waals surface area (Å²) in [5, 5.41) is 20.4. The quantitative estimate of drug-likeness (QED) is 0.707. The molecule has 0 aliphatic heterocycles. The van der Waals surface area contributed by atoms with E-state index in [0.29, 0.717) is 15.6 Å². The number of halogens is 2. The highest BCUT2D eigenvalue weighted by molar-refractivity contribution is 6.42. The van der Waals surface area contributed by atoms with Crippen LogP contribution in [0.1, 0.15) is 18.4 Å². The van der Waals surface area contributed by atoms with Gasteiger partial charge < -0.3 is 15.5 Å². The second-order valence-corrected chi connectivity index (χ2v) is 5.13. The summed E-state index contributed by atoms with van der Waals surface area (Å²) >= 11 is 11.6. The van der Waals surface area contributed by atoms with E-state index in [4.69, 9.17) is 33.4 Å². The molecule has 0 saturated heterocycles. The zero-order valence-electron chi connectivity index (χ0n) is 10.8. The minimum atomic E-state index is -1.28. The summed E-state index contributed by atoms with van der Waals surface area (Å²) in [6.45, 7) is 0. The lowest BCUT2D eigenvalue weighted by atomic mass is 10.1. The van der Waals surface area contributed by atoms with Gasteiger partial charge in [0, 0.05) is 6.42 Å². The van der Waals surface area contributed by atoms with Crippen LogP contribution in [0.2, 0.25) is 10.0 Å². The minimum absolute atomic E-state index is 0.0757. The van der Waals surface area contributed by atoms with Gasteiger partial charge in [-0.25, -0.2) is 4.79 Å². The summed E-state index contributed by atoms with van der Waals surface area (Å²) in [5.41, 5.74) is 0.573. The minimum Gasteiger partial charge on any atom is -0.481 e. The summed E-state index contributed by atoms with van der Waals surface area (Å²) in [6.07, 6.45) is -0.602. The summed E-state index contributed by atoms with van der Waals surface area (Å²) in [7, 11) is 0. The van der Waals surface area contributed by atoms with Gasteiger partial charge in [0.05, 0.1) is 16.5 Å². The van der Waals surface area contributed by atoms with Gasteiger partial charge in [-0.1, -0.05) is 29.3 Å². The van der Waals surface area contributed by atoms with Crippen LogP contribution in [0.15, 0.2) is 18.2 Å². The van der Waals surface area contributed by atoms with E-state index in [0.717, 1.165) is 0 Å². The molecular weight excluding hydrogens is 321 g/mol. The van der Waals surface area contributed by atoms with Gasteiger partial charge in [0.25, 0.3) is 0 Å². The van der Waals surface area contributed by atoms with Crippen molar-refractivity contribution in [2.75, 3.05) is 0 Å². The number of carboxylic acids is 2. The van der Waals surface area contributed by atoms with Gasteiger partial charge in [-0.3, -0.25) is 9.59 Å². The third kappa shape index (κ3) is 6.01. The van der Waals surface area contributed by atoms with Crippen molar-refractivity contribution in [1.29, 1.82) is 0 Å². The van der Waals surface area contributed by atoms with Crippen LogP contribution in [0.5, 0.6) is 0 Å². The molecule has 6 nitrogen and oxygen atoms in total. The smallest absolute Gasteiger partial charge is 0.326 e. The topological polar surface area (TPSA) is 104 Å². The summed E-state index contributed by atoms with van der Waals surface area (Å²) in [6, 6.07) is 3.40. The number of nitrogens with one attached hydrogen (secondary N) is 1. The SMILES string of the molecule is O=C(O)CC[C@H](NC(=O)Cc1ccc(Cl)c(Cl)c1)C(=O)O. The van der Waals surface area contributed by atoms with Gasteiger partial charge in [0.2, 0.25) is 5.91 Å². The summed E-state index contributed by atoms with van der Waals surface area (Å²) < 4.78 is 0. The second-order valence-electron chi connectivity index (χ2n) is 4.32. The number of carbonyl (C=O) groups excluding carboxylic acids is 1. The van der Waals surface area contributed by atoms with E-state index in [1.165, 1.54) is 12.1 Å². The van der Waals surface area contributed by atoms with Crippen molar-refractivity contribution in [3.8, 4) is 0 Å². The molecular formula is C13H13Cl2NO5. The van der Waals surface area contributed by atoms with Crippen molar-refractivity contribution in [2.45, 2.75) is 25.3 Å². The Morgan fingerprint density at radius 1 is 1.14 bits per heavy atom. The maximum Gasteiger partial charge on any atom is 0.326 e. The lowest BCUT2D eigenvalue weighted by Gasteiger charge is -2.13. The monoisotopic (exact) mass is 333 g/mol. The van der Waals surface area contributed by atoms with Crippen LogP contribution in [-0.2, 0) is 20.8 Å². The maximum absolute atomic E-state index is 11.8. The van der Waals surface area contributed by atoms with Gasteiger partial charge >= 0.3 is 11.9 Å². The Bertz CT molecular complexity index is 561. The average Bonchev–Trinajstić information content (AvgIpc) is 2.38. The first-order valence-electron chi connectivity index (χ1n) is 5.97. The number of benzene rings is 1. The maximum atomic E-state index is 11.8. The van der Waals surface area contributed by atoms with E-state index >= 15 is 0 Å². The lowest BCUT2D eigenvalue weighted by Crippen LogP contribution is -2.41. The molecule has 0 fully saturated rings. The molecule has 0 saturated carbocycles. The number of hydrogen-bond acceptors (Lipinski definition) is 3. The molecule has 0 aromatic heterocycles. The number of carbonyl (C=O) groups is 3. The fraction of sp³-hybridized carbons (Fsp3) is 0.308. The molecule has 1 rings (SSSR count). The van der Waals surface area contributed by atoms with Crippen molar-refractivity contribution in [3.63, 3.8) is 0 Å². The number of carboxylic acid groups (broad SMARTS) is 2. The first-order chi connectivity index (χ1) is 9.79. The van der Waals surface area contributed by atoms with E-state index in [1.54, 1.807) is 6.07 Å². The molecule has 0 unspecified atom stereocenters. The van der Waals surface area contributed by atoms with E-state index in [1.807, 2.05) is 0 Å². The van der Waals surface area contributed by atoms with Crippen LogP contribution in [0.4, 0.5) is 0 Å². The van der Waals surface area contributed by atoms with Crippen LogP contribution in [-0.4, -0.2) is 34.1 Å². The number of rotatable bonds is 7. The zero-order chi connectivity index (χ0) is 16.0. The number of hydrogen-bond donors (Lipinski definition) is 3. The van der Waals surface area contributed by atoms with Crippen LogP contribution >= 0.6 is 23.2 Å². The molecule has 0 bridgehead atoms. The Balaban J connectivity index is 2.62.